The Bertz CT molecular complexity index is 747. The molecular formula is C18H23FN4O. The van der Waals surface area contributed by atoms with E-state index in [1.165, 1.54) is 12.1 Å². The summed E-state index contributed by atoms with van der Waals surface area (Å²) in [5.74, 6) is 0.943. The second kappa shape index (κ2) is 7.57. The molecule has 0 bridgehead atoms. The molecule has 1 unspecified atom stereocenters. The molecule has 1 N–H and O–H groups in total. The summed E-state index contributed by atoms with van der Waals surface area (Å²) in [5.41, 5.74) is 0.873. The molecule has 5 nitrogen and oxygen atoms in total. The van der Waals surface area contributed by atoms with E-state index in [4.69, 9.17) is 0 Å². The van der Waals surface area contributed by atoms with Crippen LogP contribution in [0.4, 0.5) is 4.39 Å². The number of likely N-dealkylation sites (tertiary alicyclic amines) is 1. The SMILES string of the molecule is CCn1c(C2CCCN(CC=Cc3ccc(F)cc3)C2)n[nH]c1=O. The van der Waals surface area contributed by atoms with Gasteiger partial charge in [0.25, 0.3) is 0 Å². The van der Waals surface area contributed by atoms with E-state index < -0.39 is 0 Å². The van der Waals surface area contributed by atoms with Gasteiger partial charge >= 0.3 is 5.69 Å². The summed E-state index contributed by atoms with van der Waals surface area (Å²) < 4.78 is 14.6. The van der Waals surface area contributed by atoms with Gasteiger partial charge < -0.3 is 0 Å². The summed E-state index contributed by atoms with van der Waals surface area (Å²) in [6.45, 7) is 5.40. The molecule has 0 radical (unpaired) electrons. The van der Waals surface area contributed by atoms with Gasteiger partial charge in [-0.1, -0.05) is 24.3 Å². The number of H-pyrrole nitrogens is 1. The zero-order valence-electron chi connectivity index (χ0n) is 13.9. The van der Waals surface area contributed by atoms with Crippen LogP contribution in [0.2, 0.25) is 0 Å². The van der Waals surface area contributed by atoms with Crippen LogP contribution in [0.15, 0.2) is 35.1 Å². The Labute approximate surface area is 140 Å². The number of rotatable bonds is 5. The highest BCUT2D eigenvalue weighted by Gasteiger charge is 2.25. The number of halogens is 1. The quantitative estimate of drug-likeness (QED) is 0.917. The van der Waals surface area contributed by atoms with Gasteiger partial charge in [-0.3, -0.25) is 9.47 Å². The molecule has 2 aromatic rings. The van der Waals surface area contributed by atoms with Gasteiger partial charge in [0.1, 0.15) is 11.6 Å². The van der Waals surface area contributed by atoms with Crippen molar-refractivity contribution in [1.29, 1.82) is 0 Å². The molecule has 0 aliphatic carbocycles. The highest BCUT2D eigenvalue weighted by molar-refractivity contribution is 5.48. The van der Waals surface area contributed by atoms with Crippen LogP contribution >= 0.6 is 0 Å². The summed E-state index contributed by atoms with van der Waals surface area (Å²) in [7, 11) is 0. The molecule has 0 amide bonds. The first-order valence-corrected chi connectivity index (χ1v) is 8.47. The molecule has 6 heteroatoms. The lowest BCUT2D eigenvalue weighted by molar-refractivity contribution is 0.221. The lowest BCUT2D eigenvalue weighted by Gasteiger charge is -2.31. The van der Waals surface area contributed by atoms with Crippen LogP contribution in [0.5, 0.6) is 0 Å². The largest absolute Gasteiger partial charge is 0.343 e. The fraction of sp³-hybridized carbons (Fsp3) is 0.444. The predicted octanol–water partition coefficient (Wildman–Crippen LogP) is 2.62. The minimum absolute atomic E-state index is 0.124. The maximum atomic E-state index is 12.9. The molecule has 1 aromatic carbocycles. The van der Waals surface area contributed by atoms with Crippen LogP contribution in [0.1, 0.15) is 37.1 Å². The van der Waals surface area contributed by atoms with Crippen molar-refractivity contribution in [1.82, 2.24) is 19.7 Å². The second-order valence-corrected chi connectivity index (χ2v) is 6.18. The maximum Gasteiger partial charge on any atom is 0.343 e. The summed E-state index contributed by atoms with van der Waals surface area (Å²) in [5, 5.41) is 6.79. The van der Waals surface area contributed by atoms with Gasteiger partial charge in [0.05, 0.1) is 0 Å². The fourth-order valence-corrected chi connectivity index (χ4v) is 3.29. The predicted molar refractivity (Wildman–Crippen MR) is 92.4 cm³/mol. The number of nitrogens with one attached hydrogen (secondary N) is 1. The van der Waals surface area contributed by atoms with Gasteiger partial charge in [0.2, 0.25) is 0 Å². The molecule has 24 heavy (non-hydrogen) atoms. The number of hydrogen-bond donors (Lipinski definition) is 1. The van der Waals surface area contributed by atoms with E-state index in [1.54, 1.807) is 16.7 Å². The molecular weight excluding hydrogens is 307 g/mol. The van der Waals surface area contributed by atoms with Gasteiger partial charge in [-0.25, -0.2) is 14.3 Å². The minimum atomic E-state index is -0.216. The average molecular weight is 330 g/mol. The van der Waals surface area contributed by atoms with E-state index in [9.17, 15) is 9.18 Å². The molecule has 0 spiro atoms. The number of piperidine rings is 1. The van der Waals surface area contributed by atoms with Gasteiger partial charge in [0, 0.05) is 25.6 Å². The van der Waals surface area contributed by atoms with Gasteiger partial charge in [0.15, 0.2) is 0 Å². The van der Waals surface area contributed by atoms with Crippen molar-refractivity contribution in [2.24, 2.45) is 0 Å². The molecule has 1 aliphatic heterocycles. The van der Waals surface area contributed by atoms with E-state index in [0.717, 1.165) is 43.9 Å². The average Bonchev–Trinajstić information content (AvgIpc) is 2.98. The Kier molecular flexibility index (Phi) is 5.25. The maximum absolute atomic E-state index is 12.9. The molecule has 1 aliphatic rings. The smallest absolute Gasteiger partial charge is 0.299 e. The number of benzene rings is 1. The van der Waals surface area contributed by atoms with Crippen LogP contribution in [0.25, 0.3) is 6.08 Å². The zero-order chi connectivity index (χ0) is 16.9. The second-order valence-electron chi connectivity index (χ2n) is 6.18. The summed E-state index contributed by atoms with van der Waals surface area (Å²) in [6, 6.07) is 6.49. The molecule has 1 fully saturated rings. The van der Waals surface area contributed by atoms with Crippen molar-refractivity contribution < 1.29 is 4.39 Å². The third kappa shape index (κ3) is 3.82. The van der Waals surface area contributed by atoms with Crippen molar-refractivity contribution >= 4 is 6.08 Å². The summed E-state index contributed by atoms with van der Waals surface area (Å²) in [6.07, 6.45) is 6.27. The Morgan fingerprint density at radius 3 is 2.92 bits per heavy atom. The van der Waals surface area contributed by atoms with Crippen LogP contribution in [0, 0.1) is 5.82 Å². The Balaban J connectivity index is 1.61. The van der Waals surface area contributed by atoms with Crippen LogP contribution < -0.4 is 5.69 Å². The van der Waals surface area contributed by atoms with Gasteiger partial charge in [-0.2, -0.15) is 5.10 Å². The van der Waals surface area contributed by atoms with Crippen molar-refractivity contribution in [2.45, 2.75) is 32.2 Å². The first kappa shape index (κ1) is 16.6. The molecule has 1 atom stereocenters. The molecule has 1 saturated heterocycles. The number of nitrogens with zero attached hydrogens (tertiary/aromatic N) is 3. The molecule has 128 valence electrons. The highest BCUT2D eigenvalue weighted by atomic mass is 19.1. The minimum Gasteiger partial charge on any atom is -0.299 e. The van der Waals surface area contributed by atoms with Crippen LogP contribution in [-0.4, -0.2) is 39.3 Å². The molecule has 0 saturated carbocycles. The van der Waals surface area contributed by atoms with Crippen molar-refractivity contribution in [3.05, 3.63) is 58.0 Å². The molecule has 2 heterocycles. The van der Waals surface area contributed by atoms with E-state index in [1.807, 2.05) is 13.0 Å². The summed E-state index contributed by atoms with van der Waals surface area (Å²) in [4.78, 5) is 14.1. The normalized spacial score (nSPS) is 19.2. The lowest BCUT2D eigenvalue weighted by Crippen LogP contribution is -2.36. The third-order valence-corrected chi connectivity index (χ3v) is 4.52. The lowest BCUT2D eigenvalue weighted by atomic mass is 9.97. The van der Waals surface area contributed by atoms with Gasteiger partial charge in [-0.15, -0.1) is 0 Å². The monoisotopic (exact) mass is 330 g/mol. The standard InChI is InChI=1S/C18H23FN4O/c1-2-23-17(20-21-18(23)24)15-6-4-12-22(13-15)11-3-5-14-7-9-16(19)10-8-14/h3,5,7-10,15H,2,4,6,11-13H2,1H3,(H,21,24). The van der Waals surface area contributed by atoms with Crippen molar-refractivity contribution in [3.8, 4) is 0 Å². The van der Waals surface area contributed by atoms with E-state index >= 15 is 0 Å². The van der Waals surface area contributed by atoms with Crippen LogP contribution in [0.3, 0.4) is 0 Å². The Morgan fingerprint density at radius 2 is 2.17 bits per heavy atom. The number of aromatic amines is 1. The Hall–Kier alpha value is -2.21. The van der Waals surface area contributed by atoms with Gasteiger partial charge in [-0.05, 0) is 44.0 Å². The van der Waals surface area contributed by atoms with E-state index in [-0.39, 0.29) is 17.4 Å². The molecule has 3 rings (SSSR count). The third-order valence-electron chi connectivity index (χ3n) is 4.52. The number of aromatic nitrogens is 3. The van der Waals surface area contributed by atoms with Crippen molar-refractivity contribution in [3.63, 3.8) is 0 Å². The highest BCUT2D eigenvalue weighted by Crippen LogP contribution is 2.24. The van der Waals surface area contributed by atoms with Crippen molar-refractivity contribution in [2.75, 3.05) is 19.6 Å². The summed E-state index contributed by atoms with van der Waals surface area (Å²) >= 11 is 0. The number of hydrogen-bond acceptors (Lipinski definition) is 3. The van der Waals surface area contributed by atoms with E-state index in [2.05, 4.69) is 21.2 Å². The Morgan fingerprint density at radius 1 is 1.38 bits per heavy atom. The first-order valence-electron chi connectivity index (χ1n) is 8.47. The topological polar surface area (TPSA) is 53.9 Å². The molecule has 1 aromatic heterocycles. The zero-order valence-corrected chi connectivity index (χ0v) is 13.9. The van der Waals surface area contributed by atoms with E-state index in [0.29, 0.717) is 6.54 Å². The first-order chi connectivity index (χ1) is 11.7. The van der Waals surface area contributed by atoms with Crippen LogP contribution in [-0.2, 0) is 6.54 Å². The fourth-order valence-electron chi connectivity index (χ4n) is 3.29.